The fourth-order valence-electron chi connectivity index (χ4n) is 2.67. The molecule has 2 rings (SSSR count). The number of rotatable bonds is 3. The number of benzene rings is 1. The molecule has 1 N–H and O–H groups in total. The normalized spacial score (nSPS) is 25.6. The zero-order chi connectivity index (χ0) is 13.1. The highest BCUT2D eigenvalue weighted by molar-refractivity contribution is 9.10. The number of hydrogen-bond acceptors (Lipinski definition) is 2. The van der Waals surface area contributed by atoms with Gasteiger partial charge >= 0.3 is 0 Å². The van der Waals surface area contributed by atoms with Gasteiger partial charge in [0.2, 0.25) is 0 Å². The van der Waals surface area contributed by atoms with Gasteiger partial charge in [-0.15, -0.1) is 0 Å². The molecule has 2 atom stereocenters. The Bertz CT molecular complexity index is 375. The molecule has 0 radical (unpaired) electrons. The molecule has 1 aliphatic rings. The van der Waals surface area contributed by atoms with E-state index >= 15 is 0 Å². The fourth-order valence-corrected chi connectivity index (χ4v) is 2.93. The summed E-state index contributed by atoms with van der Waals surface area (Å²) in [5.74, 6) is 0.695. The minimum Gasteiger partial charge on any atom is -0.311 e. The molecular weight excluding hydrogens is 288 g/mol. The van der Waals surface area contributed by atoms with Crippen LogP contribution < -0.4 is 5.32 Å². The lowest BCUT2D eigenvalue weighted by molar-refractivity contribution is 0.0956. The Morgan fingerprint density at radius 3 is 2.61 bits per heavy atom. The van der Waals surface area contributed by atoms with Gasteiger partial charge in [0, 0.05) is 36.2 Å². The summed E-state index contributed by atoms with van der Waals surface area (Å²) >= 11 is 3.49. The second kappa shape index (κ2) is 6.18. The van der Waals surface area contributed by atoms with Gasteiger partial charge < -0.3 is 5.32 Å². The summed E-state index contributed by atoms with van der Waals surface area (Å²) in [5, 5.41) is 3.59. The van der Waals surface area contributed by atoms with E-state index in [0.29, 0.717) is 18.0 Å². The van der Waals surface area contributed by atoms with Crippen LogP contribution in [-0.2, 0) is 6.54 Å². The Labute approximate surface area is 119 Å². The smallest absolute Gasteiger partial charge is 0.0247 e. The Morgan fingerprint density at radius 2 is 2.00 bits per heavy atom. The van der Waals surface area contributed by atoms with Crippen LogP contribution in [0.25, 0.3) is 0 Å². The van der Waals surface area contributed by atoms with Gasteiger partial charge in [-0.1, -0.05) is 41.9 Å². The average Bonchev–Trinajstić information content (AvgIpc) is 2.32. The molecule has 100 valence electrons. The third-order valence-corrected chi connectivity index (χ3v) is 4.25. The molecule has 2 nitrogen and oxygen atoms in total. The van der Waals surface area contributed by atoms with Crippen molar-refractivity contribution in [1.82, 2.24) is 10.2 Å². The minimum absolute atomic E-state index is 0.593. The Morgan fingerprint density at radius 1 is 1.33 bits per heavy atom. The van der Waals surface area contributed by atoms with E-state index in [9.17, 15) is 0 Å². The summed E-state index contributed by atoms with van der Waals surface area (Å²) < 4.78 is 1.15. The van der Waals surface area contributed by atoms with E-state index in [-0.39, 0.29) is 0 Å². The van der Waals surface area contributed by atoms with Crippen LogP contribution in [0.5, 0.6) is 0 Å². The van der Waals surface area contributed by atoms with Crippen molar-refractivity contribution in [2.45, 2.75) is 39.4 Å². The summed E-state index contributed by atoms with van der Waals surface area (Å²) in [7, 11) is 0. The molecular formula is C15H23BrN2. The van der Waals surface area contributed by atoms with Crippen LogP contribution in [0.1, 0.15) is 26.3 Å². The lowest BCUT2D eigenvalue weighted by atomic mass is 9.98. The molecule has 1 heterocycles. The van der Waals surface area contributed by atoms with E-state index in [0.717, 1.165) is 24.1 Å². The third-order valence-electron chi connectivity index (χ3n) is 3.72. The van der Waals surface area contributed by atoms with Gasteiger partial charge in [0.25, 0.3) is 0 Å². The standard InChI is InChI=1S/C15H23BrN2/c1-11(2)15-8-17-12(3)9-18(15)10-13-4-6-14(16)7-5-13/h4-7,11-12,15,17H,8-10H2,1-3H3. The van der Waals surface area contributed by atoms with Crippen LogP contribution in [-0.4, -0.2) is 30.1 Å². The second-order valence-electron chi connectivity index (χ2n) is 5.68. The first-order valence-corrected chi connectivity index (χ1v) is 7.57. The van der Waals surface area contributed by atoms with Crippen molar-refractivity contribution < 1.29 is 0 Å². The SMILES string of the molecule is CC1CN(Cc2ccc(Br)cc2)C(C(C)C)CN1. The topological polar surface area (TPSA) is 15.3 Å². The highest BCUT2D eigenvalue weighted by Crippen LogP contribution is 2.19. The zero-order valence-corrected chi connectivity index (χ0v) is 13.1. The second-order valence-corrected chi connectivity index (χ2v) is 6.59. The van der Waals surface area contributed by atoms with Crippen molar-refractivity contribution in [2.24, 2.45) is 5.92 Å². The largest absolute Gasteiger partial charge is 0.311 e. The van der Waals surface area contributed by atoms with Crippen molar-refractivity contribution in [1.29, 1.82) is 0 Å². The number of nitrogens with one attached hydrogen (secondary N) is 1. The Balaban J connectivity index is 2.06. The molecule has 2 unspecified atom stereocenters. The molecule has 0 aromatic heterocycles. The van der Waals surface area contributed by atoms with Gasteiger partial charge in [-0.2, -0.15) is 0 Å². The number of nitrogens with zero attached hydrogens (tertiary/aromatic N) is 1. The van der Waals surface area contributed by atoms with Crippen molar-refractivity contribution >= 4 is 15.9 Å². The third kappa shape index (κ3) is 3.56. The number of hydrogen-bond donors (Lipinski definition) is 1. The molecule has 1 aromatic rings. The van der Waals surface area contributed by atoms with E-state index < -0.39 is 0 Å². The Kier molecular flexibility index (Phi) is 4.82. The maximum atomic E-state index is 3.59. The molecule has 1 aliphatic heterocycles. The van der Waals surface area contributed by atoms with Gasteiger partial charge in [-0.05, 0) is 30.5 Å². The molecule has 3 heteroatoms. The average molecular weight is 311 g/mol. The molecule has 1 saturated heterocycles. The van der Waals surface area contributed by atoms with Gasteiger partial charge in [0.1, 0.15) is 0 Å². The van der Waals surface area contributed by atoms with Crippen molar-refractivity contribution in [2.75, 3.05) is 13.1 Å². The highest BCUT2D eigenvalue weighted by atomic mass is 79.9. The molecule has 0 spiro atoms. The maximum absolute atomic E-state index is 3.59. The maximum Gasteiger partial charge on any atom is 0.0247 e. The van der Waals surface area contributed by atoms with Gasteiger partial charge in [0.15, 0.2) is 0 Å². The van der Waals surface area contributed by atoms with Crippen molar-refractivity contribution in [3.63, 3.8) is 0 Å². The summed E-state index contributed by atoms with van der Waals surface area (Å²) in [6, 6.07) is 9.93. The zero-order valence-electron chi connectivity index (χ0n) is 11.5. The van der Waals surface area contributed by atoms with E-state index in [1.807, 2.05) is 0 Å². The molecule has 18 heavy (non-hydrogen) atoms. The first-order chi connectivity index (χ1) is 8.56. The molecule has 0 aliphatic carbocycles. The van der Waals surface area contributed by atoms with Gasteiger partial charge in [-0.3, -0.25) is 4.90 Å². The van der Waals surface area contributed by atoms with Gasteiger partial charge in [0.05, 0.1) is 0 Å². The minimum atomic E-state index is 0.593. The van der Waals surface area contributed by atoms with E-state index in [4.69, 9.17) is 0 Å². The monoisotopic (exact) mass is 310 g/mol. The van der Waals surface area contributed by atoms with E-state index in [1.165, 1.54) is 5.56 Å². The van der Waals surface area contributed by atoms with Crippen molar-refractivity contribution in [3.8, 4) is 0 Å². The summed E-state index contributed by atoms with van der Waals surface area (Å²) in [5.41, 5.74) is 1.40. The highest BCUT2D eigenvalue weighted by Gasteiger charge is 2.27. The number of piperazine rings is 1. The molecule has 0 amide bonds. The number of halogens is 1. The molecule has 0 bridgehead atoms. The van der Waals surface area contributed by atoms with Crippen LogP contribution in [0.3, 0.4) is 0 Å². The molecule has 1 fully saturated rings. The van der Waals surface area contributed by atoms with Crippen LogP contribution in [0, 0.1) is 5.92 Å². The first-order valence-electron chi connectivity index (χ1n) is 6.78. The summed E-state index contributed by atoms with van der Waals surface area (Å²) in [6.45, 7) is 10.2. The lowest BCUT2D eigenvalue weighted by Crippen LogP contribution is -2.56. The predicted molar refractivity (Wildman–Crippen MR) is 80.6 cm³/mol. The predicted octanol–water partition coefficient (Wildman–Crippen LogP) is 3.27. The lowest BCUT2D eigenvalue weighted by Gasteiger charge is -2.41. The van der Waals surface area contributed by atoms with Crippen LogP contribution in [0.4, 0.5) is 0 Å². The fraction of sp³-hybridized carbons (Fsp3) is 0.600. The summed E-state index contributed by atoms with van der Waals surface area (Å²) in [6.07, 6.45) is 0. The first kappa shape index (κ1) is 14.0. The Hall–Kier alpha value is -0.380. The van der Waals surface area contributed by atoms with Crippen LogP contribution >= 0.6 is 15.9 Å². The van der Waals surface area contributed by atoms with Crippen LogP contribution in [0.15, 0.2) is 28.7 Å². The summed E-state index contributed by atoms with van der Waals surface area (Å²) in [4.78, 5) is 2.62. The quantitative estimate of drug-likeness (QED) is 0.922. The molecule has 0 saturated carbocycles. The molecule has 1 aromatic carbocycles. The van der Waals surface area contributed by atoms with Crippen LogP contribution in [0.2, 0.25) is 0 Å². The van der Waals surface area contributed by atoms with E-state index in [1.54, 1.807) is 0 Å². The van der Waals surface area contributed by atoms with E-state index in [2.05, 4.69) is 71.2 Å². The van der Waals surface area contributed by atoms with Gasteiger partial charge in [-0.25, -0.2) is 0 Å². The van der Waals surface area contributed by atoms with Crippen molar-refractivity contribution in [3.05, 3.63) is 34.3 Å².